The molecule has 0 bridgehead atoms. The van der Waals surface area contributed by atoms with Gasteiger partial charge in [-0.2, -0.15) is 5.10 Å². The van der Waals surface area contributed by atoms with E-state index < -0.39 is 0 Å². The van der Waals surface area contributed by atoms with Crippen molar-refractivity contribution in [2.24, 2.45) is 0 Å². The first kappa shape index (κ1) is 15.8. The van der Waals surface area contributed by atoms with Gasteiger partial charge in [0.1, 0.15) is 0 Å². The Morgan fingerprint density at radius 2 is 2.25 bits per heavy atom. The number of hydrogen-bond donors (Lipinski definition) is 1. The Hall–Kier alpha value is -0.610. The van der Waals surface area contributed by atoms with Crippen LogP contribution in [0.5, 0.6) is 0 Å². The Balaban J connectivity index is 2.17. The van der Waals surface area contributed by atoms with Gasteiger partial charge >= 0.3 is 0 Å². The molecular formula is C16H26BrN3. The average molecular weight is 340 g/mol. The summed E-state index contributed by atoms with van der Waals surface area (Å²) in [5.41, 5.74) is 2.91. The first-order valence-electron chi connectivity index (χ1n) is 7.88. The number of halogens is 1. The third kappa shape index (κ3) is 3.95. The van der Waals surface area contributed by atoms with Crippen LogP contribution in [-0.4, -0.2) is 16.3 Å². The highest BCUT2D eigenvalue weighted by atomic mass is 79.9. The van der Waals surface area contributed by atoms with Crippen LogP contribution in [0.15, 0.2) is 22.3 Å². The molecule has 4 heteroatoms. The van der Waals surface area contributed by atoms with Crippen molar-refractivity contribution in [3.8, 4) is 0 Å². The molecule has 3 nitrogen and oxygen atoms in total. The van der Waals surface area contributed by atoms with Crippen molar-refractivity contribution >= 4 is 15.9 Å². The number of hydrogen-bond acceptors (Lipinski definition) is 2. The monoisotopic (exact) mass is 339 g/mol. The van der Waals surface area contributed by atoms with Gasteiger partial charge in [0, 0.05) is 6.54 Å². The Morgan fingerprint density at radius 1 is 1.40 bits per heavy atom. The van der Waals surface area contributed by atoms with Crippen LogP contribution in [0.2, 0.25) is 0 Å². The summed E-state index contributed by atoms with van der Waals surface area (Å²) in [6.45, 7) is 6.35. The SMILES string of the molecule is CCCNC(CC1=CCCCC1)c1c(Br)cnn1CC. The molecule has 1 aromatic heterocycles. The molecule has 1 aromatic rings. The number of allylic oxidation sites excluding steroid dienone is 1. The lowest BCUT2D eigenvalue weighted by molar-refractivity contribution is 0.467. The minimum Gasteiger partial charge on any atom is -0.308 e. The smallest absolute Gasteiger partial charge is 0.0698 e. The van der Waals surface area contributed by atoms with Crippen molar-refractivity contribution in [1.82, 2.24) is 15.1 Å². The maximum absolute atomic E-state index is 4.47. The summed E-state index contributed by atoms with van der Waals surface area (Å²) >= 11 is 3.67. The number of nitrogens with one attached hydrogen (secondary N) is 1. The predicted octanol–water partition coefficient (Wildman–Crippen LogP) is 4.60. The lowest BCUT2D eigenvalue weighted by Crippen LogP contribution is -2.26. The molecule has 0 amide bonds. The van der Waals surface area contributed by atoms with E-state index >= 15 is 0 Å². The van der Waals surface area contributed by atoms with Crippen LogP contribution < -0.4 is 5.32 Å². The second-order valence-electron chi connectivity index (χ2n) is 5.51. The molecule has 20 heavy (non-hydrogen) atoms. The van der Waals surface area contributed by atoms with Gasteiger partial charge in [-0.15, -0.1) is 0 Å². The molecule has 0 saturated heterocycles. The van der Waals surface area contributed by atoms with Crippen LogP contribution in [0, 0.1) is 0 Å². The van der Waals surface area contributed by atoms with E-state index in [-0.39, 0.29) is 0 Å². The topological polar surface area (TPSA) is 29.9 Å². The molecule has 112 valence electrons. The minimum absolute atomic E-state index is 0.371. The second-order valence-corrected chi connectivity index (χ2v) is 6.37. The Bertz CT molecular complexity index is 451. The number of aryl methyl sites for hydroxylation is 1. The summed E-state index contributed by atoms with van der Waals surface area (Å²) in [6, 6.07) is 0.371. The Kier molecular flexibility index (Phi) is 6.30. The summed E-state index contributed by atoms with van der Waals surface area (Å²) in [5, 5.41) is 8.17. The maximum atomic E-state index is 4.47. The van der Waals surface area contributed by atoms with Crippen molar-refractivity contribution in [3.63, 3.8) is 0 Å². The fraction of sp³-hybridized carbons (Fsp3) is 0.688. The van der Waals surface area contributed by atoms with E-state index in [0.717, 1.165) is 30.4 Å². The van der Waals surface area contributed by atoms with Crippen molar-refractivity contribution in [2.45, 2.75) is 65.0 Å². The van der Waals surface area contributed by atoms with Gasteiger partial charge in [-0.1, -0.05) is 18.6 Å². The number of nitrogens with zero attached hydrogens (tertiary/aromatic N) is 2. The minimum atomic E-state index is 0.371. The standard InChI is InChI=1S/C16H26BrN3/c1-3-10-18-15(11-13-8-6-5-7-9-13)16-14(17)12-19-20(16)4-2/h8,12,15,18H,3-7,9-11H2,1-2H3. The van der Waals surface area contributed by atoms with Crippen LogP contribution in [-0.2, 0) is 6.54 Å². The van der Waals surface area contributed by atoms with Crippen LogP contribution in [0.3, 0.4) is 0 Å². The summed E-state index contributed by atoms with van der Waals surface area (Å²) in [4.78, 5) is 0. The molecule has 2 rings (SSSR count). The van der Waals surface area contributed by atoms with Gasteiger partial charge in [0.15, 0.2) is 0 Å². The van der Waals surface area contributed by atoms with E-state index in [4.69, 9.17) is 0 Å². The van der Waals surface area contributed by atoms with Gasteiger partial charge in [-0.25, -0.2) is 0 Å². The van der Waals surface area contributed by atoms with E-state index in [0.29, 0.717) is 6.04 Å². The highest BCUT2D eigenvalue weighted by molar-refractivity contribution is 9.10. The van der Waals surface area contributed by atoms with Gasteiger partial charge in [0.2, 0.25) is 0 Å². The maximum Gasteiger partial charge on any atom is 0.0698 e. The molecule has 0 aliphatic heterocycles. The van der Waals surface area contributed by atoms with Crippen molar-refractivity contribution in [1.29, 1.82) is 0 Å². The second kappa shape index (κ2) is 7.99. The Labute approximate surface area is 131 Å². The quantitative estimate of drug-likeness (QED) is 0.736. The molecule has 1 aliphatic carbocycles. The molecular weight excluding hydrogens is 314 g/mol. The zero-order valence-corrected chi connectivity index (χ0v) is 14.2. The van der Waals surface area contributed by atoms with E-state index in [1.54, 1.807) is 5.57 Å². The molecule has 1 unspecified atom stereocenters. The number of aromatic nitrogens is 2. The zero-order valence-electron chi connectivity index (χ0n) is 12.7. The van der Waals surface area contributed by atoms with E-state index in [2.05, 4.69) is 51.0 Å². The Morgan fingerprint density at radius 3 is 2.90 bits per heavy atom. The summed E-state index contributed by atoms with van der Waals surface area (Å²) < 4.78 is 3.24. The van der Waals surface area contributed by atoms with Crippen molar-refractivity contribution < 1.29 is 0 Å². The fourth-order valence-electron chi connectivity index (χ4n) is 2.91. The molecule has 0 spiro atoms. The van der Waals surface area contributed by atoms with Gasteiger partial charge in [0.25, 0.3) is 0 Å². The fourth-order valence-corrected chi connectivity index (χ4v) is 3.48. The highest BCUT2D eigenvalue weighted by Gasteiger charge is 2.21. The van der Waals surface area contributed by atoms with Gasteiger partial charge < -0.3 is 5.32 Å². The third-order valence-corrected chi connectivity index (χ3v) is 4.57. The van der Waals surface area contributed by atoms with E-state index in [1.807, 2.05) is 6.20 Å². The average Bonchev–Trinajstić information content (AvgIpc) is 2.85. The number of rotatable bonds is 7. The van der Waals surface area contributed by atoms with Crippen LogP contribution in [0.25, 0.3) is 0 Å². The molecule has 0 radical (unpaired) electrons. The summed E-state index contributed by atoms with van der Waals surface area (Å²) in [5.74, 6) is 0. The molecule has 0 aromatic carbocycles. The molecule has 0 fully saturated rings. The third-order valence-electron chi connectivity index (χ3n) is 3.95. The van der Waals surface area contributed by atoms with Gasteiger partial charge in [-0.05, 0) is 67.9 Å². The first-order valence-corrected chi connectivity index (χ1v) is 8.68. The predicted molar refractivity (Wildman–Crippen MR) is 87.8 cm³/mol. The van der Waals surface area contributed by atoms with Crippen molar-refractivity contribution in [2.75, 3.05) is 6.54 Å². The van der Waals surface area contributed by atoms with Gasteiger partial charge in [0.05, 0.1) is 22.4 Å². The van der Waals surface area contributed by atoms with Crippen LogP contribution in [0.4, 0.5) is 0 Å². The molecule has 0 saturated carbocycles. The molecule has 1 atom stereocenters. The van der Waals surface area contributed by atoms with Crippen molar-refractivity contribution in [3.05, 3.63) is 28.0 Å². The normalized spacial score (nSPS) is 17.1. The lowest BCUT2D eigenvalue weighted by Gasteiger charge is -2.23. The molecule has 1 N–H and O–H groups in total. The van der Waals surface area contributed by atoms with Gasteiger partial charge in [-0.3, -0.25) is 4.68 Å². The molecule has 1 aliphatic rings. The summed E-state index contributed by atoms with van der Waals surface area (Å²) in [6.07, 6.45) is 11.9. The van der Waals surface area contributed by atoms with E-state index in [1.165, 1.54) is 31.4 Å². The largest absolute Gasteiger partial charge is 0.308 e. The lowest BCUT2D eigenvalue weighted by atomic mass is 9.93. The van der Waals surface area contributed by atoms with E-state index in [9.17, 15) is 0 Å². The zero-order chi connectivity index (χ0) is 14.4. The first-order chi connectivity index (χ1) is 9.76. The van der Waals surface area contributed by atoms with Crippen LogP contribution >= 0.6 is 15.9 Å². The molecule has 1 heterocycles. The van der Waals surface area contributed by atoms with Crippen LogP contribution in [0.1, 0.15) is 64.1 Å². The summed E-state index contributed by atoms with van der Waals surface area (Å²) in [7, 11) is 0. The highest BCUT2D eigenvalue weighted by Crippen LogP contribution is 2.31.